The van der Waals surface area contributed by atoms with Gasteiger partial charge in [-0.25, -0.2) is 4.39 Å². The molecule has 0 aliphatic rings. The van der Waals surface area contributed by atoms with Crippen molar-refractivity contribution in [3.8, 4) is 11.5 Å². The van der Waals surface area contributed by atoms with Gasteiger partial charge in [-0.1, -0.05) is 30.3 Å². The summed E-state index contributed by atoms with van der Waals surface area (Å²) in [5.74, 6) is 0.161. The predicted octanol–water partition coefficient (Wildman–Crippen LogP) is 3.05. The second kappa shape index (κ2) is 8.17. The summed E-state index contributed by atoms with van der Waals surface area (Å²) in [6, 6.07) is 13.7. The van der Waals surface area contributed by atoms with Crippen molar-refractivity contribution in [3.63, 3.8) is 0 Å². The first kappa shape index (κ1) is 16.8. The highest BCUT2D eigenvalue weighted by Crippen LogP contribution is 2.16. The molecular weight excluding hydrogens is 297 g/mol. The van der Waals surface area contributed by atoms with Gasteiger partial charge in [0.05, 0.1) is 6.54 Å². The second-order valence-electron chi connectivity index (χ2n) is 5.15. The Balaban J connectivity index is 1.75. The molecule has 0 N–H and O–H groups in total. The first-order valence-electron chi connectivity index (χ1n) is 7.37. The van der Waals surface area contributed by atoms with E-state index in [2.05, 4.69) is 0 Å². The molecule has 0 radical (unpaired) electrons. The monoisotopic (exact) mass is 317 g/mol. The van der Waals surface area contributed by atoms with E-state index in [-0.39, 0.29) is 18.3 Å². The van der Waals surface area contributed by atoms with Gasteiger partial charge in [0.1, 0.15) is 12.4 Å². The van der Waals surface area contributed by atoms with Crippen molar-refractivity contribution in [1.82, 2.24) is 4.90 Å². The van der Waals surface area contributed by atoms with Crippen LogP contribution in [-0.4, -0.2) is 37.6 Å². The van der Waals surface area contributed by atoms with Gasteiger partial charge in [-0.3, -0.25) is 4.79 Å². The number of carbonyl (C=O) groups excluding carboxylic acids is 1. The summed E-state index contributed by atoms with van der Waals surface area (Å²) in [6.45, 7) is 2.56. The third-order valence-corrected chi connectivity index (χ3v) is 3.39. The Kier molecular flexibility index (Phi) is 5.97. The minimum Gasteiger partial charge on any atom is -0.491 e. The van der Waals surface area contributed by atoms with Crippen molar-refractivity contribution < 1.29 is 18.7 Å². The van der Waals surface area contributed by atoms with Crippen LogP contribution in [0, 0.1) is 12.7 Å². The van der Waals surface area contributed by atoms with E-state index in [4.69, 9.17) is 9.47 Å². The number of para-hydroxylation sites is 2. The van der Waals surface area contributed by atoms with Crippen LogP contribution < -0.4 is 9.47 Å². The molecule has 0 spiro atoms. The number of hydrogen-bond acceptors (Lipinski definition) is 3. The van der Waals surface area contributed by atoms with Crippen molar-refractivity contribution >= 4 is 5.91 Å². The summed E-state index contributed by atoms with van der Waals surface area (Å²) >= 11 is 0. The van der Waals surface area contributed by atoms with Crippen LogP contribution in [0.2, 0.25) is 0 Å². The summed E-state index contributed by atoms with van der Waals surface area (Å²) in [4.78, 5) is 13.5. The molecule has 0 atom stereocenters. The van der Waals surface area contributed by atoms with Crippen LogP contribution in [0.5, 0.6) is 11.5 Å². The van der Waals surface area contributed by atoms with Crippen LogP contribution in [-0.2, 0) is 4.79 Å². The number of likely N-dealkylation sites (N-methyl/N-ethyl adjacent to an activating group) is 1. The van der Waals surface area contributed by atoms with Gasteiger partial charge in [0.25, 0.3) is 5.91 Å². The van der Waals surface area contributed by atoms with Crippen LogP contribution in [0.4, 0.5) is 4.39 Å². The van der Waals surface area contributed by atoms with Gasteiger partial charge in [0.2, 0.25) is 0 Å². The van der Waals surface area contributed by atoms with Gasteiger partial charge in [0.15, 0.2) is 18.2 Å². The molecule has 0 saturated carbocycles. The van der Waals surface area contributed by atoms with E-state index in [1.54, 1.807) is 19.2 Å². The molecule has 2 aromatic rings. The maximum atomic E-state index is 13.4. The minimum absolute atomic E-state index is 0.0745. The molecule has 2 aromatic carbocycles. The van der Waals surface area contributed by atoms with Crippen molar-refractivity contribution in [2.75, 3.05) is 26.8 Å². The van der Waals surface area contributed by atoms with Gasteiger partial charge in [0, 0.05) is 7.05 Å². The van der Waals surface area contributed by atoms with Crippen LogP contribution in [0.3, 0.4) is 0 Å². The number of hydrogen-bond donors (Lipinski definition) is 0. The first-order chi connectivity index (χ1) is 11.1. The molecule has 0 saturated heterocycles. The van der Waals surface area contributed by atoms with Crippen molar-refractivity contribution in [2.45, 2.75) is 6.92 Å². The van der Waals surface area contributed by atoms with Crippen molar-refractivity contribution in [2.24, 2.45) is 0 Å². The van der Waals surface area contributed by atoms with E-state index in [0.717, 1.165) is 11.3 Å². The van der Waals surface area contributed by atoms with E-state index >= 15 is 0 Å². The summed E-state index contributed by atoms with van der Waals surface area (Å²) in [7, 11) is 1.66. The largest absolute Gasteiger partial charge is 0.491 e. The number of ether oxygens (including phenoxy) is 2. The predicted molar refractivity (Wildman–Crippen MR) is 86.2 cm³/mol. The molecule has 1 amide bonds. The van der Waals surface area contributed by atoms with Crippen LogP contribution in [0.15, 0.2) is 48.5 Å². The zero-order valence-electron chi connectivity index (χ0n) is 13.3. The molecule has 0 heterocycles. The molecule has 0 unspecified atom stereocenters. The Bertz CT molecular complexity index is 660. The van der Waals surface area contributed by atoms with E-state index in [1.165, 1.54) is 17.0 Å². The fourth-order valence-electron chi connectivity index (χ4n) is 1.95. The maximum absolute atomic E-state index is 13.4. The number of aryl methyl sites for hydroxylation is 1. The maximum Gasteiger partial charge on any atom is 0.260 e. The zero-order valence-corrected chi connectivity index (χ0v) is 13.3. The number of carbonyl (C=O) groups is 1. The quantitative estimate of drug-likeness (QED) is 0.788. The standard InChI is InChI=1S/C18H20FNO3/c1-14-7-3-5-9-16(14)22-12-11-20(2)18(21)13-23-17-10-6-4-8-15(17)19/h3-10H,11-13H2,1-2H3. The molecule has 122 valence electrons. The Labute approximate surface area is 135 Å². The first-order valence-corrected chi connectivity index (χ1v) is 7.37. The van der Waals surface area contributed by atoms with Crippen LogP contribution in [0.25, 0.3) is 0 Å². The SMILES string of the molecule is Cc1ccccc1OCCN(C)C(=O)COc1ccccc1F. The van der Waals surface area contributed by atoms with E-state index < -0.39 is 5.82 Å². The average molecular weight is 317 g/mol. The summed E-state index contributed by atoms with van der Waals surface area (Å²) in [5.41, 5.74) is 1.05. The van der Waals surface area contributed by atoms with E-state index in [9.17, 15) is 9.18 Å². The van der Waals surface area contributed by atoms with Gasteiger partial charge in [-0.15, -0.1) is 0 Å². The Morgan fingerprint density at radius 2 is 1.70 bits per heavy atom. The lowest BCUT2D eigenvalue weighted by atomic mass is 10.2. The third-order valence-electron chi connectivity index (χ3n) is 3.39. The number of halogens is 1. The van der Waals surface area contributed by atoms with Gasteiger partial charge >= 0.3 is 0 Å². The number of amides is 1. The lowest BCUT2D eigenvalue weighted by Gasteiger charge is -2.18. The lowest BCUT2D eigenvalue weighted by Crippen LogP contribution is -2.34. The van der Waals surface area contributed by atoms with Crippen molar-refractivity contribution in [1.29, 1.82) is 0 Å². The number of rotatable bonds is 7. The second-order valence-corrected chi connectivity index (χ2v) is 5.15. The number of nitrogens with zero attached hydrogens (tertiary/aromatic N) is 1. The molecule has 23 heavy (non-hydrogen) atoms. The smallest absolute Gasteiger partial charge is 0.260 e. The fourth-order valence-corrected chi connectivity index (χ4v) is 1.95. The normalized spacial score (nSPS) is 10.2. The molecule has 0 aromatic heterocycles. The van der Waals surface area contributed by atoms with Crippen LogP contribution >= 0.6 is 0 Å². The Hall–Kier alpha value is -2.56. The van der Waals surface area contributed by atoms with E-state index in [0.29, 0.717) is 13.2 Å². The topological polar surface area (TPSA) is 38.8 Å². The molecule has 0 fully saturated rings. The molecule has 0 bridgehead atoms. The van der Waals surface area contributed by atoms with Crippen molar-refractivity contribution in [3.05, 3.63) is 59.9 Å². The van der Waals surface area contributed by atoms with Gasteiger partial charge < -0.3 is 14.4 Å². The van der Waals surface area contributed by atoms with E-state index in [1.807, 2.05) is 31.2 Å². The summed E-state index contributed by atoms with van der Waals surface area (Å²) < 4.78 is 24.2. The van der Waals surface area contributed by atoms with Crippen LogP contribution in [0.1, 0.15) is 5.56 Å². The molecule has 5 heteroatoms. The zero-order chi connectivity index (χ0) is 16.7. The molecule has 0 aliphatic carbocycles. The highest BCUT2D eigenvalue weighted by molar-refractivity contribution is 5.77. The molecule has 4 nitrogen and oxygen atoms in total. The third kappa shape index (κ3) is 4.98. The summed E-state index contributed by atoms with van der Waals surface area (Å²) in [5, 5.41) is 0. The Morgan fingerprint density at radius 1 is 1.04 bits per heavy atom. The molecule has 0 aliphatic heterocycles. The van der Waals surface area contributed by atoms with Gasteiger partial charge in [-0.05, 0) is 30.7 Å². The summed E-state index contributed by atoms with van der Waals surface area (Å²) in [6.07, 6.45) is 0. The minimum atomic E-state index is -0.481. The number of benzene rings is 2. The highest BCUT2D eigenvalue weighted by atomic mass is 19.1. The highest BCUT2D eigenvalue weighted by Gasteiger charge is 2.11. The average Bonchev–Trinajstić information content (AvgIpc) is 2.55. The molecular formula is C18H20FNO3. The molecule has 2 rings (SSSR count). The fraction of sp³-hybridized carbons (Fsp3) is 0.278. The lowest BCUT2D eigenvalue weighted by molar-refractivity contribution is -0.132. The van der Waals surface area contributed by atoms with Gasteiger partial charge in [-0.2, -0.15) is 0 Å². The Morgan fingerprint density at radius 3 is 2.39 bits per heavy atom.